The molecule has 0 fully saturated rings. The van der Waals surface area contributed by atoms with Crippen molar-refractivity contribution in [2.75, 3.05) is 6.61 Å². The molecule has 0 aliphatic rings. The molecule has 104 valence electrons. The fourth-order valence-electron chi connectivity index (χ4n) is 1.50. The average molecular weight is 267 g/mol. The van der Waals surface area contributed by atoms with Crippen molar-refractivity contribution in [3.05, 3.63) is 29.6 Å². The van der Waals surface area contributed by atoms with Crippen LogP contribution in [-0.4, -0.2) is 23.8 Å². The molecule has 5 heteroatoms. The predicted molar refractivity (Wildman–Crippen MR) is 69.8 cm³/mol. The van der Waals surface area contributed by atoms with Crippen molar-refractivity contribution in [3.8, 4) is 5.75 Å². The van der Waals surface area contributed by atoms with Crippen LogP contribution in [0.1, 0.15) is 38.1 Å². The van der Waals surface area contributed by atoms with Gasteiger partial charge in [-0.2, -0.15) is 0 Å². The fourth-order valence-corrected chi connectivity index (χ4v) is 1.50. The van der Waals surface area contributed by atoms with E-state index in [9.17, 15) is 14.0 Å². The lowest BCUT2D eigenvalue weighted by atomic mass is 10.1. The number of carbonyl (C=O) groups is 2. The van der Waals surface area contributed by atoms with E-state index < -0.39 is 5.82 Å². The van der Waals surface area contributed by atoms with Gasteiger partial charge in [0.2, 0.25) is 0 Å². The van der Waals surface area contributed by atoms with E-state index in [2.05, 4.69) is 5.32 Å². The van der Waals surface area contributed by atoms with Crippen LogP contribution in [0.4, 0.5) is 4.39 Å². The topological polar surface area (TPSA) is 55.4 Å². The highest BCUT2D eigenvalue weighted by Gasteiger charge is 2.15. The second-order valence-electron chi connectivity index (χ2n) is 5.28. The third-order valence-electron chi connectivity index (χ3n) is 2.20. The lowest BCUT2D eigenvalue weighted by molar-refractivity contribution is -0.124. The van der Waals surface area contributed by atoms with Gasteiger partial charge in [-0.1, -0.05) is 0 Å². The van der Waals surface area contributed by atoms with Gasteiger partial charge in [0.05, 0.1) is 5.56 Å². The van der Waals surface area contributed by atoms with Gasteiger partial charge in [0.15, 0.2) is 12.4 Å². The summed E-state index contributed by atoms with van der Waals surface area (Å²) in [6.45, 7) is 6.62. The lowest BCUT2D eigenvalue weighted by Gasteiger charge is -2.20. The molecule has 19 heavy (non-hydrogen) atoms. The molecule has 0 aromatic heterocycles. The van der Waals surface area contributed by atoms with Crippen LogP contribution in [0.25, 0.3) is 0 Å². The summed E-state index contributed by atoms with van der Waals surface area (Å²) in [7, 11) is 0. The number of benzene rings is 1. The van der Waals surface area contributed by atoms with Crippen molar-refractivity contribution < 1.29 is 18.7 Å². The molecule has 1 N–H and O–H groups in total. The van der Waals surface area contributed by atoms with Crippen LogP contribution >= 0.6 is 0 Å². The first-order valence-corrected chi connectivity index (χ1v) is 5.93. The predicted octanol–water partition coefficient (Wildman–Crippen LogP) is 2.32. The van der Waals surface area contributed by atoms with Crippen LogP contribution in [0.2, 0.25) is 0 Å². The minimum atomic E-state index is -0.517. The first-order chi connectivity index (χ1) is 8.69. The third-order valence-corrected chi connectivity index (χ3v) is 2.20. The van der Waals surface area contributed by atoms with Crippen LogP contribution < -0.4 is 10.1 Å². The summed E-state index contributed by atoms with van der Waals surface area (Å²) in [5.41, 5.74) is -0.115. The van der Waals surface area contributed by atoms with Crippen LogP contribution in [-0.2, 0) is 4.79 Å². The summed E-state index contributed by atoms with van der Waals surface area (Å²) in [5.74, 6) is -1.01. The Hall–Kier alpha value is -1.91. The molecule has 0 spiro atoms. The monoisotopic (exact) mass is 267 g/mol. The molecular formula is C14H18FNO3. The van der Waals surface area contributed by atoms with Crippen molar-refractivity contribution in [2.45, 2.75) is 33.2 Å². The Kier molecular flexibility index (Phi) is 4.64. The van der Waals surface area contributed by atoms with Crippen LogP contribution in [0, 0.1) is 5.82 Å². The molecule has 0 aliphatic carbocycles. The quantitative estimate of drug-likeness (QED) is 0.852. The average Bonchev–Trinajstić information content (AvgIpc) is 2.23. The Labute approximate surface area is 112 Å². The van der Waals surface area contributed by atoms with Gasteiger partial charge in [-0.3, -0.25) is 9.59 Å². The van der Waals surface area contributed by atoms with Gasteiger partial charge < -0.3 is 10.1 Å². The Balaban J connectivity index is 2.75. The van der Waals surface area contributed by atoms with Gasteiger partial charge in [-0.05, 0) is 39.8 Å². The number of carbonyl (C=O) groups excluding carboxylic acids is 2. The van der Waals surface area contributed by atoms with E-state index in [4.69, 9.17) is 4.74 Å². The number of rotatable bonds is 4. The summed E-state index contributed by atoms with van der Waals surface area (Å²) in [6.07, 6.45) is 0. The van der Waals surface area contributed by atoms with Crippen molar-refractivity contribution in [2.24, 2.45) is 0 Å². The fraction of sp³-hybridized carbons (Fsp3) is 0.429. The van der Waals surface area contributed by atoms with E-state index in [-0.39, 0.29) is 35.1 Å². The molecule has 0 heterocycles. The molecule has 4 nitrogen and oxygen atoms in total. The molecule has 1 amide bonds. The normalized spacial score (nSPS) is 11.0. The number of hydrogen-bond acceptors (Lipinski definition) is 3. The molecular weight excluding hydrogens is 249 g/mol. The van der Waals surface area contributed by atoms with E-state index in [0.29, 0.717) is 0 Å². The Bertz CT molecular complexity index is 492. The Morgan fingerprint density at radius 2 is 1.95 bits per heavy atom. The standard InChI is InChI=1S/C14H18FNO3/c1-9(17)11-6-5-10(15)7-12(11)19-8-13(18)16-14(2,3)4/h5-7H,8H2,1-4H3,(H,16,18). The summed E-state index contributed by atoms with van der Waals surface area (Å²) in [6, 6.07) is 3.62. The number of Topliss-reactive ketones (excluding diaryl/α,β-unsaturated/α-hetero) is 1. The van der Waals surface area contributed by atoms with Gasteiger partial charge in [0.25, 0.3) is 5.91 Å². The molecule has 0 unspecified atom stereocenters. The van der Waals surface area contributed by atoms with Crippen LogP contribution in [0.15, 0.2) is 18.2 Å². The molecule has 1 aromatic rings. The number of hydrogen-bond donors (Lipinski definition) is 1. The molecule has 0 radical (unpaired) electrons. The molecule has 0 saturated carbocycles. The largest absolute Gasteiger partial charge is 0.483 e. The van der Waals surface area contributed by atoms with E-state index in [1.165, 1.54) is 19.1 Å². The Morgan fingerprint density at radius 3 is 2.47 bits per heavy atom. The summed E-state index contributed by atoms with van der Waals surface area (Å²) >= 11 is 0. The number of amides is 1. The second-order valence-corrected chi connectivity index (χ2v) is 5.28. The zero-order valence-corrected chi connectivity index (χ0v) is 11.5. The molecule has 0 bridgehead atoms. The van der Waals surface area contributed by atoms with Crippen molar-refractivity contribution >= 4 is 11.7 Å². The number of halogens is 1. The van der Waals surface area contributed by atoms with Crippen LogP contribution in [0.3, 0.4) is 0 Å². The highest BCUT2D eigenvalue weighted by atomic mass is 19.1. The van der Waals surface area contributed by atoms with E-state index in [0.717, 1.165) is 6.07 Å². The molecule has 1 aromatic carbocycles. The van der Waals surface area contributed by atoms with Gasteiger partial charge in [-0.15, -0.1) is 0 Å². The Morgan fingerprint density at radius 1 is 1.32 bits per heavy atom. The maximum Gasteiger partial charge on any atom is 0.258 e. The molecule has 1 rings (SSSR count). The first-order valence-electron chi connectivity index (χ1n) is 5.93. The number of ether oxygens (including phenoxy) is 1. The zero-order chi connectivity index (χ0) is 14.6. The second kappa shape index (κ2) is 5.82. The maximum atomic E-state index is 13.1. The smallest absolute Gasteiger partial charge is 0.258 e. The zero-order valence-electron chi connectivity index (χ0n) is 11.5. The van der Waals surface area contributed by atoms with Crippen molar-refractivity contribution in [1.29, 1.82) is 0 Å². The number of ketones is 1. The maximum absolute atomic E-state index is 13.1. The van der Waals surface area contributed by atoms with E-state index in [1.54, 1.807) is 0 Å². The third kappa shape index (κ3) is 5.07. The van der Waals surface area contributed by atoms with E-state index >= 15 is 0 Å². The van der Waals surface area contributed by atoms with Gasteiger partial charge in [0.1, 0.15) is 11.6 Å². The number of nitrogens with one attached hydrogen (secondary N) is 1. The summed E-state index contributed by atoms with van der Waals surface area (Å²) < 4.78 is 18.3. The van der Waals surface area contributed by atoms with Gasteiger partial charge >= 0.3 is 0 Å². The van der Waals surface area contributed by atoms with Gasteiger partial charge in [0, 0.05) is 11.6 Å². The summed E-state index contributed by atoms with van der Waals surface area (Å²) in [5, 5.41) is 2.71. The van der Waals surface area contributed by atoms with Crippen LogP contribution in [0.5, 0.6) is 5.75 Å². The lowest BCUT2D eigenvalue weighted by Crippen LogP contribution is -2.43. The van der Waals surface area contributed by atoms with Gasteiger partial charge in [-0.25, -0.2) is 4.39 Å². The SMILES string of the molecule is CC(=O)c1ccc(F)cc1OCC(=O)NC(C)(C)C. The highest BCUT2D eigenvalue weighted by Crippen LogP contribution is 2.20. The minimum Gasteiger partial charge on any atom is -0.483 e. The molecule has 0 aliphatic heterocycles. The molecule has 0 saturated heterocycles. The first kappa shape index (κ1) is 15.1. The van der Waals surface area contributed by atoms with Crippen molar-refractivity contribution in [1.82, 2.24) is 5.32 Å². The minimum absolute atomic E-state index is 0.0801. The van der Waals surface area contributed by atoms with Crippen molar-refractivity contribution in [3.63, 3.8) is 0 Å². The summed E-state index contributed by atoms with van der Waals surface area (Å²) in [4.78, 5) is 22.9. The van der Waals surface area contributed by atoms with E-state index in [1.807, 2.05) is 20.8 Å². The molecule has 0 atom stereocenters. The highest BCUT2D eigenvalue weighted by molar-refractivity contribution is 5.96.